The molecule has 0 aliphatic carbocycles. The second-order valence-corrected chi connectivity index (χ2v) is 12.8. The fraction of sp³-hybridized carbons (Fsp3) is 0.316. The van der Waals surface area contributed by atoms with Crippen molar-refractivity contribution in [3.63, 3.8) is 0 Å². The Morgan fingerprint density at radius 1 is 0.755 bits per heavy atom. The van der Waals surface area contributed by atoms with Crippen molar-refractivity contribution in [1.82, 2.24) is 24.6 Å². The van der Waals surface area contributed by atoms with Gasteiger partial charge in [0.2, 0.25) is 11.8 Å². The van der Waals surface area contributed by atoms with Crippen LogP contribution >= 0.6 is 0 Å². The van der Waals surface area contributed by atoms with Crippen LogP contribution in [0.2, 0.25) is 0 Å². The van der Waals surface area contributed by atoms with E-state index in [1.54, 1.807) is 14.5 Å². The molecule has 0 atom stereocenters. The van der Waals surface area contributed by atoms with Gasteiger partial charge in [-0.05, 0) is 50.1 Å². The standard InChI is InChI=1S/C38H41N5O6/c1-38(2,3)49-37(45)43-21-19-42(20-22-43)34(44)26-46-29-15-16-30-32(23-29)41(4)40-35(30)31-17-18-33(47-24-27-11-7-5-8-12-27)39-36(31)48-25-28-13-9-6-10-14-28/h5-18,23H,19-22,24-26H2,1-4H3. The number of ether oxygens (including phenoxy) is 4. The zero-order valence-corrected chi connectivity index (χ0v) is 28.3. The third-order valence-corrected chi connectivity index (χ3v) is 8.01. The summed E-state index contributed by atoms with van der Waals surface area (Å²) in [6.07, 6.45) is -0.363. The predicted octanol–water partition coefficient (Wildman–Crippen LogP) is 6.25. The first kappa shape index (κ1) is 33.3. The van der Waals surface area contributed by atoms with Gasteiger partial charge in [-0.1, -0.05) is 60.7 Å². The lowest BCUT2D eigenvalue weighted by atomic mass is 10.1. The Hall–Kier alpha value is -5.58. The number of benzene rings is 3. The first-order chi connectivity index (χ1) is 23.6. The third kappa shape index (κ3) is 8.48. The molecule has 1 saturated heterocycles. The summed E-state index contributed by atoms with van der Waals surface area (Å²) < 4.78 is 25.5. The Labute approximate surface area is 286 Å². The predicted molar refractivity (Wildman–Crippen MR) is 185 cm³/mol. The summed E-state index contributed by atoms with van der Waals surface area (Å²) >= 11 is 0. The molecule has 0 spiro atoms. The molecule has 49 heavy (non-hydrogen) atoms. The van der Waals surface area contributed by atoms with Crippen LogP contribution in [0.25, 0.3) is 22.2 Å². The van der Waals surface area contributed by atoms with Crippen molar-refractivity contribution in [2.24, 2.45) is 7.05 Å². The van der Waals surface area contributed by atoms with Crippen LogP contribution < -0.4 is 14.2 Å². The number of piperazine rings is 1. The van der Waals surface area contributed by atoms with E-state index in [1.807, 2.05) is 119 Å². The number of nitrogens with zero attached hydrogens (tertiary/aromatic N) is 5. The van der Waals surface area contributed by atoms with Gasteiger partial charge in [0.15, 0.2) is 6.61 Å². The van der Waals surface area contributed by atoms with Gasteiger partial charge < -0.3 is 28.7 Å². The number of carbonyl (C=O) groups is 2. The molecular formula is C38H41N5O6. The highest BCUT2D eigenvalue weighted by Crippen LogP contribution is 2.36. The molecule has 11 nitrogen and oxygen atoms in total. The molecule has 6 rings (SSSR count). The summed E-state index contributed by atoms with van der Waals surface area (Å²) in [5.74, 6) is 1.26. The van der Waals surface area contributed by atoms with E-state index in [-0.39, 0.29) is 18.6 Å². The van der Waals surface area contributed by atoms with Crippen molar-refractivity contribution >= 4 is 22.9 Å². The second kappa shape index (κ2) is 14.7. The van der Waals surface area contributed by atoms with Crippen molar-refractivity contribution in [2.75, 3.05) is 32.8 Å². The van der Waals surface area contributed by atoms with Crippen LogP contribution in [-0.2, 0) is 29.8 Å². The maximum absolute atomic E-state index is 13.0. The number of aryl methyl sites for hydroxylation is 1. The average molecular weight is 664 g/mol. The molecule has 0 radical (unpaired) electrons. The lowest BCUT2D eigenvalue weighted by Crippen LogP contribution is -2.52. The molecule has 0 N–H and O–H groups in total. The quantitative estimate of drug-likeness (QED) is 0.173. The Balaban J connectivity index is 1.15. The third-order valence-electron chi connectivity index (χ3n) is 8.01. The van der Waals surface area contributed by atoms with Crippen molar-refractivity contribution in [1.29, 1.82) is 0 Å². The van der Waals surface area contributed by atoms with Gasteiger partial charge in [0.05, 0.1) is 11.1 Å². The Morgan fingerprint density at radius 3 is 2.04 bits per heavy atom. The summed E-state index contributed by atoms with van der Waals surface area (Å²) in [5.41, 5.74) is 3.74. The number of hydrogen-bond donors (Lipinski definition) is 0. The number of carbonyl (C=O) groups excluding carboxylic acids is 2. The fourth-order valence-corrected chi connectivity index (χ4v) is 5.48. The van der Waals surface area contributed by atoms with E-state index >= 15 is 0 Å². The number of hydrogen-bond acceptors (Lipinski definition) is 8. The Morgan fingerprint density at radius 2 is 1.39 bits per heavy atom. The van der Waals surface area contributed by atoms with E-state index < -0.39 is 5.60 Å². The fourth-order valence-electron chi connectivity index (χ4n) is 5.48. The number of aromatic nitrogens is 3. The lowest BCUT2D eigenvalue weighted by molar-refractivity contribution is -0.135. The molecule has 5 aromatic rings. The van der Waals surface area contributed by atoms with Crippen molar-refractivity contribution < 1.29 is 28.5 Å². The molecule has 2 amide bonds. The van der Waals surface area contributed by atoms with Crippen molar-refractivity contribution in [2.45, 2.75) is 39.6 Å². The van der Waals surface area contributed by atoms with Gasteiger partial charge in [-0.2, -0.15) is 10.1 Å². The van der Waals surface area contributed by atoms with Crippen LogP contribution in [0, 0.1) is 0 Å². The molecular weight excluding hydrogens is 622 g/mol. The zero-order chi connectivity index (χ0) is 34.4. The van der Waals surface area contributed by atoms with Gasteiger partial charge in [-0.25, -0.2) is 4.79 Å². The molecule has 3 heterocycles. The highest BCUT2D eigenvalue weighted by atomic mass is 16.6. The molecule has 11 heteroatoms. The Kier molecular flexibility index (Phi) is 9.98. The van der Waals surface area contributed by atoms with Gasteiger partial charge >= 0.3 is 6.09 Å². The summed E-state index contributed by atoms with van der Waals surface area (Å²) in [6.45, 7) is 7.77. The van der Waals surface area contributed by atoms with Crippen LogP contribution in [0.4, 0.5) is 4.79 Å². The first-order valence-electron chi connectivity index (χ1n) is 16.3. The normalized spacial score (nSPS) is 13.3. The summed E-state index contributed by atoms with van der Waals surface area (Å²) in [4.78, 5) is 33.4. The SMILES string of the molecule is Cn1nc(-c2ccc(OCc3ccccc3)nc2OCc2ccccc2)c2ccc(OCC(=O)N3CCN(C(=O)OC(C)(C)C)CC3)cc21. The molecule has 254 valence electrons. The minimum atomic E-state index is -0.564. The van der Waals surface area contributed by atoms with E-state index in [0.717, 1.165) is 27.6 Å². The molecule has 0 unspecified atom stereocenters. The maximum Gasteiger partial charge on any atom is 0.410 e. The van der Waals surface area contributed by atoms with Crippen molar-refractivity contribution in [3.05, 3.63) is 102 Å². The van der Waals surface area contributed by atoms with Gasteiger partial charge in [-0.3, -0.25) is 9.48 Å². The van der Waals surface area contributed by atoms with E-state index in [2.05, 4.69) is 0 Å². The summed E-state index contributed by atoms with van der Waals surface area (Å²) in [6, 6.07) is 29.2. The van der Waals surface area contributed by atoms with Crippen LogP contribution in [0.3, 0.4) is 0 Å². The molecule has 0 bridgehead atoms. The topological polar surface area (TPSA) is 108 Å². The van der Waals surface area contributed by atoms with Crippen LogP contribution in [0.15, 0.2) is 91.0 Å². The van der Waals surface area contributed by atoms with Gasteiger partial charge in [-0.15, -0.1) is 0 Å². The minimum absolute atomic E-state index is 0.117. The lowest BCUT2D eigenvalue weighted by Gasteiger charge is -2.35. The van der Waals surface area contributed by atoms with Crippen LogP contribution in [0.1, 0.15) is 31.9 Å². The molecule has 2 aromatic heterocycles. The number of fused-ring (bicyclic) bond motifs is 1. The monoisotopic (exact) mass is 663 g/mol. The van der Waals surface area contributed by atoms with E-state index in [1.165, 1.54) is 0 Å². The van der Waals surface area contributed by atoms with E-state index in [4.69, 9.17) is 29.0 Å². The van der Waals surface area contributed by atoms with E-state index in [0.29, 0.717) is 62.6 Å². The number of rotatable bonds is 10. The minimum Gasteiger partial charge on any atom is -0.484 e. The summed E-state index contributed by atoms with van der Waals surface area (Å²) in [7, 11) is 1.86. The van der Waals surface area contributed by atoms with Crippen molar-refractivity contribution in [3.8, 4) is 28.8 Å². The first-order valence-corrected chi connectivity index (χ1v) is 16.3. The molecule has 3 aromatic carbocycles. The second-order valence-electron chi connectivity index (χ2n) is 12.8. The van der Waals surface area contributed by atoms with Gasteiger partial charge in [0.25, 0.3) is 5.91 Å². The van der Waals surface area contributed by atoms with Gasteiger partial charge in [0, 0.05) is 50.7 Å². The highest BCUT2D eigenvalue weighted by molar-refractivity contribution is 5.95. The maximum atomic E-state index is 13.0. The van der Waals surface area contributed by atoms with Crippen LogP contribution in [-0.4, -0.2) is 75.0 Å². The summed E-state index contributed by atoms with van der Waals surface area (Å²) in [5, 5.41) is 5.71. The van der Waals surface area contributed by atoms with E-state index in [9.17, 15) is 9.59 Å². The average Bonchev–Trinajstić information content (AvgIpc) is 3.44. The smallest absolute Gasteiger partial charge is 0.410 e. The highest BCUT2D eigenvalue weighted by Gasteiger charge is 2.28. The van der Waals surface area contributed by atoms with Crippen LogP contribution in [0.5, 0.6) is 17.5 Å². The number of amides is 2. The molecule has 1 aliphatic heterocycles. The number of pyridine rings is 1. The zero-order valence-electron chi connectivity index (χ0n) is 28.3. The largest absolute Gasteiger partial charge is 0.484 e. The molecule has 0 saturated carbocycles. The van der Waals surface area contributed by atoms with Gasteiger partial charge in [0.1, 0.15) is 30.3 Å². The molecule has 1 fully saturated rings. The molecule has 1 aliphatic rings. The Bertz CT molecular complexity index is 1900.